The first-order chi connectivity index (χ1) is 15.5. The van der Waals surface area contributed by atoms with Gasteiger partial charge in [0.2, 0.25) is 5.91 Å². The fourth-order valence-corrected chi connectivity index (χ4v) is 4.48. The summed E-state index contributed by atoms with van der Waals surface area (Å²) in [6.07, 6.45) is 2.42. The van der Waals surface area contributed by atoms with Gasteiger partial charge in [-0.2, -0.15) is 0 Å². The molecule has 0 aliphatic heterocycles. The molecule has 2 N–H and O–H groups in total. The summed E-state index contributed by atoms with van der Waals surface area (Å²) in [5.41, 5.74) is 10.5. The smallest absolute Gasteiger partial charge is 0.231 e. The number of benzene rings is 2. The van der Waals surface area contributed by atoms with Crippen LogP contribution in [0.4, 0.5) is 0 Å². The molecule has 32 heavy (non-hydrogen) atoms. The molecule has 0 spiro atoms. The number of amides is 1. The van der Waals surface area contributed by atoms with Crippen LogP contribution in [0.15, 0.2) is 72.4 Å². The summed E-state index contributed by atoms with van der Waals surface area (Å²) in [6.45, 7) is 8.40. The number of rotatable bonds is 8. The molecule has 162 valence electrons. The number of nitrogens with two attached hydrogens (primary N) is 1. The summed E-state index contributed by atoms with van der Waals surface area (Å²) in [4.78, 5) is 16.7. The fourth-order valence-electron chi connectivity index (χ4n) is 3.57. The molecule has 1 unspecified atom stereocenters. The van der Waals surface area contributed by atoms with Crippen LogP contribution in [0.25, 0.3) is 33.5 Å². The zero-order chi connectivity index (χ0) is 22.7. The predicted molar refractivity (Wildman–Crippen MR) is 130 cm³/mol. The third kappa shape index (κ3) is 4.29. The van der Waals surface area contributed by atoms with Crippen molar-refractivity contribution in [3.63, 3.8) is 0 Å². The number of aromatic nitrogens is 4. The van der Waals surface area contributed by atoms with Crippen molar-refractivity contribution in [3.05, 3.63) is 72.8 Å². The van der Waals surface area contributed by atoms with Crippen LogP contribution < -0.4 is 5.73 Å². The van der Waals surface area contributed by atoms with Gasteiger partial charge in [-0.1, -0.05) is 72.8 Å². The quantitative estimate of drug-likeness (QED) is 0.305. The number of pyridine rings is 1. The number of carbonyl (C=O) groups is 1. The Hall–Kier alpha value is -3.45. The number of hydrogen-bond acceptors (Lipinski definition) is 5. The van der Waals surface area contributed by atoms with E-state index in [1.54, 1.807) is 6.08 Å². The van der Waals surface area contributed by atoms with Gasteiger partial charge >= 0.3 is 0 Å². The van der Waals surface area contributed by atoms with Gasteiger partial charge in [-0.05, 0) is 25.5 Å². The maximum Gasteiger partial charge on any atom is 0.231 e. The molecule has 7 heteroatoms. The van der Waals surface area contributed by atoms with Crippen molar-refractivity contribution in [1.82, 2.24) is 19.7 Å². The predicted octanol–water partition coefficient (Wildman–Crippen LogP) is 5.01. The monoisotopic (exact) mass is 443 g/mol. The minimum absolute atomic E-state index is 0.358. The van der Waals surface area contributed by atoms with Crippen LogP contribution in [0.3, 0.4) is 0 Å². The summed E-state index contributed by atoms with van der Waals surface area (Å²) in [5, 5.41) is 10.2. The highest BCUT2D eigenvalue weighted by Crippen LogP contribution is 2.34. The second kappa shape index (κ2) is 9.36. The minimum Gasteiger partial charge on any atom is -0.369 e. The first-order valence-corrected chi connectivity index (χ1v) is 11.4. The second-order valence-corrected chi connectivity index (χ2v) is 8.73. The Morgan fingerprint density at radius 1 is 1.19 bits per heavy atom. The molecule has 0 aliphatic carbocycles. The van der Waals surface area contributed by atoms with Crippen LogP contribution in [0.2, 0.25) is 0 Å². The number of allylic oxidation sites excluding steroid dienone is 1. The molecule has 2 aromatic heterocycles. The molecule has 4 rings (SSSR count). The molecule has 0 saturated carbocycles. The average Bonchev–Trinajstić information content (AvgIpc) is 3.19. The lowest BCUT2D eigenvalue weighted by atomic mass is 10.0. The first kappa shape index (κ1) is 21.8. The minimum atomic E-state index is -0.368. The fraction of sp³-hybridized carbons (Fsp3) is 0.200. The van der Waals surface area contributed by atoms with Crippen molar-refractivity contribution in [2.24, 2.45) is 5.73 Å². The molecule has 0 fully saturated rings. The lowest BCUT2D eigenvalue weighted by Crippen LogP contribution is -2.25. The van der Waals surface area contributed by atoms with Crippen molar-refractivity contribution in [3.8, 4) is 22.6 Å². The molecule has 6 nitrogen and oxygen atoms in total. The van der Waals surface area contributed by atoms with E-state index >= 15 is 0 Å². The highest BCUT2D eigenvalue weighted by Gasteiger charge is 2.22. The van der Waals surface area contributed by atoms with E-state index in [4.69, 9.17) is 10.7 Å². The maximum atomic E-state index is 11.8. The number of nitrogens with zero attached hydrogens (tertiary/aromatic N) is 4. The first-order valence-electron chi connectivity index (χ1n) is 10.5. The zero-order valence-corrected chi connectivity index (χ0v) is 19.0. The second-order valence-electron chi connectivity index (χ2n) is 7.56. The van der Waals surface area contributed by atoms with Gasteiger partial charge < -0.3 is 5.73 Å². The van der Waals surface area contributed by atoms with E-state index in [2.05, 4.69) is 54.0 Å². The molecular formula is C25H25N5OS. The lowest BCUT2D eigenvalue weighted by molar-refractivity contribution is -0.117. The van der Waals surface area contributed by atoms with Gasteiger partial charge in [-0.3, -0.25) is 9.36 Å². The summed E-state index contributed by atoms with van der Waals surface area (Å²) < 4.78 is 1.98. The normalized spacial score (nSPS) is 12.1. The van der Waals surface area contributed by atoms with E-state index in [0.717, 1.165) is 27.7 Å². The Labute approximate surface area is 191 Å². The third-order valence-corrected chi connectivity index (χ3v) is 6.63. The van der Waals surface area contributed by atoms with Crippen LogP contribution in [-0.2, 0) is 11.3 Å². The van der Waals surface area contributed by atoms with Crippen molar-refractivity contribution >= 4 is 28.6 Å². The number of para-hydroxylation sites is 1. The Bertz CT molecular complexity index is 1280. The number of hydrogen-bond donors (Lipinski definition) is 1. The van der Waals surface area contributed by atoms with E-state index < -0.39 is 0 Å². The summed E-state index contributed by atoms with van der Waals surface area (Å²) in [7, 11) is 0. The van der Waals surface area contributed by atoms with Gasteiger partial charge in [-0.25, -0.2) is 4.98 Å². The number of primary amides is 1. The van der Waals surface area contributed by atoms with E-state index in [9.17, 15) is 4.79 Å². The highest BCUT2D eigenvalue weighted by atomic mass is 32.2. The van der Waals surface area contributed by atoms with Crippen molar-refractivity contribution in [2.45, 2.75) is 37.2 Å². The summed E-state index contributed by atoms with van der Waals surface area (Å²) in [6, 6.07) is 18.4. The van der Waals surface area contributed by atoms with Gasteiger partial charge in [-0.15, -0.1) is 16.8 Å². The average molecular weight is 444 g/mol. The van der Waals surface area contributed by atoms with E-state index in [1.807, 2.05) is 35.8 Å². The molecule has 1 atom stereocenters. The van der Waals surface area contributed by atoms with Crippen molar-refractivity contribution < 1.29 is 4.79 Å². The zero-order valence-electron chi connectivity index (χ0n) is 18.2. The number of carbonyl (C=O) groups excluding carboxylic acids is 1. The molecule has 2 aromatic carbocycles. The molecule has 4 aromatic rings. The van der Waals surface area contributed by atoms with Gasteiger partial charge in [0.25, 0.3) is 0 Å². The molecular weight excluding hydrogens is 418 g/mol. The van der Waals surface area contributed by atoms with Crippen molar-refractivity contribution in [1.29, 1.82) is 0 Å². The van der Waals surface area contributed by atoms with Crippen LogP contribution in [0.5, 0.6) is 0 Å². The number of thioether (sulfide) groups is 1. The Morgan fingerprint density at radius 3 is 2.62 bits per heavy atom. The van der Waals surface area contributed by atoms with E-state index in [0.29, 0.717) is 23.9 Å². The van der Waals surface area contributed by atoms with Crippen LogP contribution in [0.1, 0.15) is 18.9 Å². The van der Waals surface area contributed by atoms with Gasteiger partial charge in [0.1, 0.15) is 0 Å². The number of fused-ring (bicyclic) bond motifs is 1. The Morgan fingerprint density at radius 2 is 1.94 bits per heavy atom. The Balaban J connectivity index is 1.89. The van der Waals surface area contributed by atoms with Crippen molar-refractivity contribution in [2.75, 3.05) is 0 Å². The summed E-state index contributed by atoms with van der Waals surface area (Å²) in [5.74, 6) is 0.349. The molecule has 0 bridgehead atoms. The molecule has 0 aliphatic rings. The molecule has 0 radical (unpaired) electrons. The van der Waals surface area contributed by atoms with E-state index in [-0.39, 0.29) is 11.2 Å². The highest BCUT2D eigenvalue weighted by molar-refractivity contribution is 8.00. The maximum absolute atomic E-state index is 11.8. The molecule has 2 heterocycles. The van der Waals surface area contributed by atoms with E-state index in [1.165, 1.54) is 17.3 Å². The lowest BCUT2D eigenvalue weighted by Gasteiger charge is -2.13. The van der Waals surface area contributed by atoms with Gasteiger partial charge in [0.05, 0.1) is 16.5 Å². The topological polar surface area (TPSA) is 86.7 Å². The van der Waals surface area contributed by atoms with Gasteiger partial charge in [0.15, 0.2) is 11.0 Å². The van der Waals surface area contributed by atoms with Crippen LogP contribution in [-0.4, -0.2) is 30.9 Å². The standard InChI is InChI=1S/C25H25N5OS/c1-4-14-30-24(28-29-25(30)32-22(5-2)23(26)31)19-15-21(17-12-10-16(3)11-13-17)27-20-9-7-6-8-18(19)20/h4,6-13,15,22H,1,5,14H2,2-3H3,(H2,26,31). The SMILES string of the molecule is C=CCn1c(SC(CC)C(N)=O)nnc1-c1cc(-c2ccc(C)cc2)nc2ccccc12. The third-order valence-electron chi connectivity index (χ3n) is 5.27. The summed E-state index contributed by atoms with van der Waals surface area (Å²) >= 11 is 1.34. The van der Waals surface area contributed by atoms with Crippen LogP contribution in [0, 0.1) is 6.92 Å². The van der Waals surface area contributed by atoms with Crippen LogP contribution >= 0.6 is 11.8 Å². The van der Waals surface area contributed by atoms with Gasteiger partial charge in [0, 0.05) is 23.1 Å². The molecule has 0 saturated heterocycles. The largest absolute Gasteiger partial charge is 0.369 e. The molecule has 1 amide bonds. The Kier molecular flexibility index (Phi) is 6.37. The number of aryl methyl sites for hydroxylation is 1.